The number of carbonyl (C=O) groups excluding carboxylic acids is 1. The van der Waals surface area contributed by atoms with E-state index in [4.69, 9.17) is 0 Å². The van der Waals surface area contributed by atoms with E-state index >= 15 is 0 Å². The number of alkyl halides is 3. The number of hydrogen-bond donors (Lipinski definition) is 1. The molecule has 0 aliphatic heterocycles. The number of halogens is 3. The van der Waals surface area contributed by atoms with Gasteiger partial charge in [-0.25, -0.2) is 9.98 Å². The molecule has 3 rings (SSSR count). The van der Waals surface area contributed by atoms with Gasteiger partial charge in [-0.1, -0.05) is 54.6 Å². The molecule has 0 fully saturated rings. The summed E-state index contributed by atoms with van der Waals surface area (Å²) in [6.45, 7) is 3.78. The smallest absolute Gasteiger partial charge is 0.306 e. The number of H-pyrrole nitrogens is 1. The molecule has 3 aromatic rings. The number of aromatic amines is 1. The Hall–Kier alpha value is -3.55. The minimum atomic E-state index is -4.39. The fourth-order valence-corrected chi connectivity index (χ4v) is 2.87. The summed E-state index contributed by atoms with van der Waals surface area (Å²) >= 11 is 0. The molecule has 1 amide bonds. The van der Waals surface area contributed by atoms with Crippen LogP contribution in [0.5, 0.6) is 0 Å². The van der Waals surface area contributed by atoms with Crippen molar-refractivity contribution in [3.63, 3.8) is 0 Å². The van der Waals surface area contributed by atoms with Crippen LogP contribution in [0.1, 0.15) is 42.4 Å². The van der Waals surface area contributed by atoms with Crippen LogP contribution in [0.3, 0.4) is 0 Å². The Balaban J connectivity index is 1.88. The molecule has 1 aromatic heterocycles. The lowest BCUT2D eigenvalue weighted by atomic mass is 9.83. The van der Waals surface area contributed by atoms with Crippen LogP contribution in [0.4, 0.5) is 13.2 Å². The zero-order valence-electron chi connectivity index (χ0n) is 17.1. The van der Waals surface area contributed by atoms with Gasteiger partial charge in [-0.3, -0.25) is 9.59 Å². The fourth-order valence-electron chi connectivity index (χ4n) is 2.87. The Kier molecular flexibility index (Phi) is 5.92. The monoisotopic (exact) mass is 427 g/mol. The summed E-state index contributed by atoms with van der Waals surface area (Å²) in [6.07, 6.45) is -4.39. The van der Waals surface area contributed by atoms with Crippen LogP contribution in [0.25, 0.3) is 11.4 Å². The first kappa shape index (κ1) is 22.1. The molecule has 0 aliphatic carbocycles. The highest BCUT2D eigenvalue weighted by Gasteiger charge is 2.48. The third-order valence-corrected chi connectivity index (χ3v) is 5.01. The molecule has 0 spiro atoms. The first-order valence-electron chi connectivity index (χ1n) is 9.43. The van der Waals surface area contributed by atoms with E-state index < -0.39 is 23.1 Å². The van der Waals surface area contributed by atoms with Crippen molar-refractivity contribution in [1.29, 1.82) is 0 Å². The highest BCUT2D eigenvalue weighted by molar-refractivity contribution is 6.08. The number of nitrogens with zero attached hydrogens (tertiary/aromatic N) is 2. The summed E-state index contributed by atoms with van der Waals surface area (Å²) in [4.78, 5) is 35.3. The summed E-state index contributed by atoms with van der Waals surface area (Å²) in [5, 5.41) is 0. The van der Waals surface area contributed by atoms with Crippen molar-refractivity contribution >= 4 is 11.6 Å². The third kappa shape index (κ3) is 4.79. The lowest BCUT2D eigenvalue weighted by molar-refractivity contribution is -0.180. The lowest BCUT2D eigenvalue weighted by Crippen LogP contribution is -2.36. The second kappa shape index (κ2) is 8.29. The number of aromatic nitrogens is 2. The van der Waals surface area contributed by atoms with Gasteiger partial charge in [-0.2, -0.15) is 13.2 Å². The average molecular weight is 427 g/mol. The molecular weight excluding hydrogens is 407 g/mol. The van der Waals surface area contributed by atoms with E-state index in [9.17, 15) is 22.8 Å². The zero-order valence-corrected chi connectivity index (χ0v) is 17.1. The Labute approximate surface area is 176 Å². The Bertz CT molecular complexity index is 1180. The third-order valence-electron chi connectivity index (χ3n) is 5.01. The minimum absolute atomic E-state index is 0.103. The highest BCUT2D eigenvalue weighted by Crippen LogP contribution is 2.40. The maximum absolute atomic E-state index is 13.2. The molecule has 5 nitrogen and oxygen atoms in total. The second-order valence-electron chi connectivity index (χ2n) is 7.55. The summed E-state index contributed by atoms with van der Waals surface area (Å²) in [6, 6.07) is 15.6. The lowest BCUT2D eigenvalue weighted by Gasteiger charge is -2.28. The summed E-state index contributed by atoms with van der Waals surface area (Å²) < 4.78 is 39.7. The summed E-state index contributed by atoms with van der Waals surface area (Å²) in [7, 11) is 0. The molecular formula is C23H20F3N3O2. The number of rotatable bonds is 4. The van der Waals surface area contributed by atoms with Gasteiger partial charge in [0.05, 0.1) is 5.41 Å². The maximum Gasteiger partial charge on any atom is 0.397 e. The van der Waals surface area contributed by atoms with Gasteiger partial charge in [0.15, 0.2) is 0 Å². The number of amides is 1. The van der Waals surface area contributed by atoms with Gasteiger partial charge in [0.25, 0.3) is 11.5 Å². The van der Waals surface area contributed by atoms with Crippen molar-refractivity contribution < 1.29 is 18.0 Å². The Morgan fingerprint density at radius 3 is 2.19 bits per heavy atom. The van der Waals surface area contributed by atoms with Gasteiger partial charge in [0.2, 0.25) is 0 Å². The minimum Gasteiger partial charge on any atom is -0.306 e. The van der Waals surface area contributed by atoms with Crippen molar-refractivity contribution in [3.8, 4) is 11.4 Å². The van der Waals surface area contributed by atoms with E-state index in [0.717, 1.165) is 19.9 Å². The van der Waals surface area contributed by atoms with Crippen LogP contribution in [0.15, 0.2) is 70.5 Å². The van der Waals surface area contributed by atoms with Crippen LogP contribution in [-0.4, -0.2) is 27.8 Å². The van der Waals surface area contributed by atoms with Gasteiger partial charge in [-0.15, -0.1) is 0 Å². The van der Waals surface area contributed by atoms with Crippen molar-refractivity contribution in [2.45, 2.75) is 32.4 Å². The molecule has 0 aliphatic rings. The Morgan fingerprint density at radius 1 is 1.00 bits per heavy atom. The van der Waals surface area contributed by atoms with E-state index in [-0.39, 0.29) is 17.1 Å². The van der Waals surface area contributed by atoms with Crippen LogP contribution in [-0.2, 0) is 5.41 Å². The molecule has 0 radical (unpaired) electrons. The van der Waals surface area contributed by atoms with Crippen LogP contribution >= 0.6 is 0 Å². The summed E-state index contributed by atoms with van der Waals surface area (Å²) in [5.41, 5.74) is -1.10. The topological polar surface area (TPSA) is 75.2 Å². The molecule has 0 atom stereocenters. The van der Waals surface area contributed by atoms with Crippen molar-refractivity contribution in [2.24, 2.45) is 4.99 Å². The molecule has 31 heavy (non-hydrogen) atoms. The predicted octanol–water partition coefficient (Wildman–Crippen LogP) is 4.93. The number of carbonyl (C=O) groups is 1. The van der Waals surface area contributed by atoms with Crippen LogP contribution in [0.2, 0.25) is 0 Å². The van der Waals surface area contributed by atoms with E-state index in [1.807, 2.05) is 6.07 Å². The maximum atomic E-state index is 13.2. The van der Waals surface area contributed by atoms with Crippen molar-refractivity contribution in [3.05, 3.63) is 87.8 Å². The summed E-state index contributed by atoms with van der Waals surface area (Å²) in [5.74, 6) is -0.483. The normalized spacial score (nSPS) is 12.6. The molecule has 2 aromatic carbocycles. The highest BCUT2D eigenvalue weighted by atomic mass is 19.4. The molecule has 1 N–H and O–H groups in total. The Morgan fingerprint density at radius 2 is 1.61 bits per heavy atom. The van der Waals surface area contributed by atoms with Crippen molar-refractivity contribution in [1.82, 2.24) is 9.97 Å². The second-order valence-corrected chi connectivity index (χ2v) is 7.55. The molecule has 1 heterocycles. The number of hydrogen-bond acceptors (Lipinski definition) is 3. The number of benzene rings is 2. The van der Waals surface area contributed by atoms with E-state index in [1.54, 1.807) is 31.2 Å². The van der Waals surface area contributed by atoms with Crippen LogP contribution in [0, 0.1) is 0 Å². The fraction of sp³-hybridized carbons (Fsp3) is 0.217. The van der Waals surface area contributed by atoms with Gasteiger partial charge in [-0.05, 0) is 31.9 Å². The quantitative estimate of drug-likeness (QED) is 0.600. The molecule has 0 unspecified atom stereocenters. The standard InChI is InChI=1S/C23H20F3N3O2/c1-14(15-9-11-17(12-10-15)22(2,3)23(24,25)26)27-21(31)18-13-19(30)29-20(28-18)16-7-5-4-6-8-16/h4-13H,1-3H3,(H,28,29,30)/b27-14-. The van der Waals surface area contributed by atoms with E-state index in [0.29, 0.717) is 16.8 Å². The molecule has 0 bridgehead atoms. The first-order chi connectivity index (χ1) is 14.5. The van der Waals surface area contributed by atoms with Crippen LogP contribution < -0.4 is 5.56 Å². The first-order valence-corrected chi connectivity index (χ1v) is 9.43. The number of nitrogens with one attached hydrogen (secondary N) is 1. The molecule has 160 valence electrons. The molecule has 0 saturated carbocycles. The van der Waals surface area contributed by atoms with E-state index in [2.05, 4.69) is 15.0 Å². The molecule has 0 saturated heterocycles. The van der Waals surface area contributed by atoms with E-state index in [1.165, 1.54) is 24.3 Å². The number of aliphatic imine (C=N–C) groups is 1. The van der Waals surface area contributed by atoms with Gasteiger partial charge < -0.3 is 4.98 Å². The predicted molar refractivity (Wildman–Crippen MR) is 112 cm³/mol. The van der Waals surface area contributed by atoms with Gasteiger partial charge in [0, 0.05) is 17.3 Å². The average Bonchev–Trinajstić information content (AvgIpc) is 2.73. The zero-order chi connectivity index (χ0) is 22.8. The van der Waals surface area contributed by atoms with Gasteiger partial charge in [0.1, 0.15) is 11.5 Å². The largest absolute Gasteiger partial charge is 0.397 e. The SMILES string of the molecule is C/C(=N/C(=O)c1cc(=O)[nH]c(-c2ccccc2)n1)c1ccc(C(C)(C)C(F)(F)F)cc1. The van der Waals surface area contributed by atoms with Crippen molar-refractivity contribution in [2.75, 3.05) is 0 Å². The van der Waals surface area contributed by atoms with Gasteiger partial charge >= 0.3 is 6.18 Å². The molecule has 8 heteroatoms.